The molecule has 0 radical (unpaired) electrons. The first-order chi connectivity index (χ1) is 11.6. The number of nitrogens with zero attached hydrogens (tertiary/aromatic N) is 3. The Labute approximate surface area is 142 Å². The molecule has 0 spiro atoms. The van der Waals surface area contributed by atoms with Crippen LogP contribution >= 0.6 is 11.8 Å². The van der Waals surface area contributed by atoms with Gasteiger partial charge in [-0.1, -0.05) is 53.8 Å². The molecule has 2 aromatic carbocycles. The number of nitrogens with one attached hydrogen (secondary N) is 1. The summed E-state index contributed by atoms with van der Waals surface area (Å²) in [6.07, 6.45) is -0.730. The predicted octanol–water partition coefficient (Wildman–Crippen LogP) is 1.81. The molecule has 0 bridgehead atoms. The summed E-state index contributed by atoms with van der Waals surface area (Å²) in [4.78, 5) is 13.4. The summed E-state index contributed by atoms with van der Waals surface area (Å²) in [6, 6.07) is 18.4. The van der Waals surface area contributed by atoms with E-state index in [4.69, 9.17) is 10.6 Å². The lowest BCUT2D eigenvalue weighted by Crippen LogP contribution is -2.50. The molecule has 0 aliphatic carbocycles. The smallest absolute Gasteiger partial charge is 0.528 e. The van der Waals surface area contributed by atoms with Crippen LogP contribution < -0.4 is 11.4 Å². The van der Waals surface area contributed by atoms with Gasteiger partial charge in [-0.2, -0.15) is 10.6 Å². The number of benzene rings is 2. The van der Waals surface area contributed by atoms with Crippen molar-refractivity contribution in [2.75, 3.05) is 0 Å². The number of nitrogens with two attached hydrogens (primary N) is 1. The molecular weight excluding hydrogens is 330 g/mol. The molecule has 3 N–H and O–H groups in total. The fourth-order valence-electron chi connectivity index (χ4n) is 1.94. The molecule has 1 aliphatic heterocycles. The summed E-state index contributed by atoms with van der Waals surface area (Å²) in [5.74, 6) is 5.51. The topological polar surface area (TPSA) is 96.9 Å². The van der Waals surface area contributed by atoms with Crippen molar-refractivity contribution in [2.24, 2.45) is 5.84 Å². The summed E-state index contributed by atoms with van der Waals surface area (Å²) in [7, 11) is 0. The van der Waals surface area contributed by atoms with Gasteiger partial charge in [0.05, 0.1) is 0 Å². The zero-order valence-corrected chi connectivity index (χ0v) is 13.3. The largest absolute Gasteiger partial charge is 0.690 e. The lowest BCUT2D eigenvalue weighted by molar-refractivity contribution is -0.643. The number of hydrazine groups is 4. The third-order valence-electron chi connectivity index (χ3n) is 3.09. The van der Waals surface area contributed by atoms with Crippen molar-refractivity contribution < 1.29 is 14.4 Å². The van der Waals surface area contributed by atoms with Crippen LogP contribution in [0, 0.1) is 5.21 Å². The third-order valence-corrected chi connectivity index (χ3v) is 4.12. The normalized spacial score (nSPS) is 14.2. The van der Waals surface area contributed by atoms with Gasteiger partial charge in [0.2, 0.25) is 0 Å². The lowest BCUT2D eigenvalue weighted by Gasteiger charge is -2.11. The van der Waals surface area contributed by atoms with Crippen LogP contribution in [-0.2, 0) is 11.3 Å². The Hall–Kier alpha value is -2.75. The molecule has 2 aromatic rings. The van der Waals surface area contributed by atoms with Gasteiger partial charge in [0.25, 0.3) is 0 Å². The van der Waals surface area contributed by atoms with Crippen LogP contribution in [0.25, 0.3) is 0 Å². The van der Waals surface area contributed by atoms with Crippen molar-refractivity contribution in [2.45, 2.75) is 11.5 Å². The van der Waals surface area contributed by atoms with Crippen LogP contribution in [0.4, 0.5) is 4.79 Å². The van der Waals surface area contributed by atoms with E-state index in [0.29, 0.717) is 10.1 Å². The summed E-state index contributed by atoms with van der Waals surface area (Å²) in [5.41, 5.74) is 3.27. The monoisotopic (exact) mass is 345 g/mol. The van der Waals surface area contributed by atoms with E-state index in [0.717, 1.165) is 27.2 Å². The SMILES string of the molecule is NN1NN(C(=O)OCc2ccccc2)C(Sc2ccccc2)=[N+]1[O-]. The molecular formula is C15H15N5O3S. The van der Waals surface area contributed by atoms with E-state index < -0.39 is 6.09 Å². The summed E-state index contributed by atoms with van der Waals surface area (Å²) >= 11 is 1.09. The second-order valence-electron chi connectivity index (χ2n) is 4.79. The fourth-order valence-corrected chi connectivity index (χ4v) is 2.82. The van der Waals surface area contributed by atoms with Crippen LogP contribution in [-0.4, -0.2) is 26.3 Å². The van der Waals surface area contributed by atoms with E-state index in [1.54, 1.807) is 0 Å². The zero-order valence-electron chi connectivity index (χ0n) is 12.5. The molecule has 124 valence electrons. The van der Waals surface area contributed by atoms with E-state index in [1.807, 2.05) is 60.7 Å². The molecule has 0 unspecified atom stereocenters. The highest BCUT2D eigenvalue weighted by Crippen LogP contribution is 2.23. The van der Waals surface area contributed by atoms with Gasteiger partial charge >= 0.3 is 11.3 Å². The number of carbonyl (C=O) groups is 1. The Bertz CT molecular complexity index is 741. The Morgan fingerprint density at radius 1 is 1.17 bits per heavy atom. The summed E-state index contributed by atoms with van der Waals surface area (Å²) in [5, 5.41) is 13.7. The van der Waals surface area contributed by atoms with Crippen molar-refractivity contribution in [3.05, 3.63) is 71.4 Å². The van der Waals surface area contributed by atoms with Crippen molar-refractivity contribution in [3.8, 4) is 0 Å². The van der Waals surface area contributed by atoms with E-state index in [2.05, 4.69) is 5.53 Å². The molecule has 0 aromatic heterocycles. The molecule has 0 atom stereocenters. The maximum absolute atomic E-state index is 12.3. The van der Waals surface area contributed by atoms with Crippen LogP contribution in [0.1, 0.15) is 5.56 Å². The first-order valence-electron chi connectivity index (χ1n) is 7.04. The number of amidine groups is 1. The van der Waals surface area contributed by atoms with Crippen molar-refractivity contribution in [1.82, 2.24) is 15.8 Å². The molecule has 3 rings (SSSR count). The highest BCUT2D eigenvalue weighted by molar-refractivity contribution is 8.13. The third kappa shape index (κ3) is 3.59. The van der Waals surface area contributed by atoms with Crippen molar-refractivity contribution in [1.29, 1.82) is 0 Å². The minimum Gasteiger partial charge on any atom is -0.690 e. The molecule has 9 heteroatoms. The lowest BCUT2D eigenvalue weighted by atomic mass is 10.2. The summed E-state index contributed by atoms with van der Waals surface area (Å²) < 4.78 is 5.22. The molecule has 0 saturated heterocycles. The Kier molecular flexibility index (Phi) is 4.85. The number of hydrogen-bond acceptors (Lipinski definition) is 7. The molecule has 0 fully saturated rings. The number of thioether (sulfide) groups is 1. The van der Waals surface area contributed by atoms with Gasteiger partial charge in [0.15, 0.2) is 0 Å². The van der Waals surface area contributed by atoms with Gasteiger partial charge in [0.1, 0.15) is 6.61 Å². The molecule has 1 amide bonds. The maximum Gasteiger partial charge on any atom is 0.528 e. The van der Waals surface area contributed by atoms with Gasteiger partial charge < -0.3 is 9.94 Å². The first-order valence-corrected chi connectivity index (χ1v) is 7.86. The fraction of sp³-hybridized carbons (Fsp3) is 0.0667. The Balaban J connectivity index is 1.70. The molecule has 0 saturated carbocycles. The second-order valence-corrected chi connectivity index (χ2v) is 5.83. The second kappa shape index (κ2) is 7.21. The van der Waals surface area contributed by atoms with Crippen LogP contribution in [0.5, 0.6) is 0 Å². The minimum absolute atomic E-state index is 0.0433. The van der Waals surface area contributed by atoms with Gasteiger partial charge in [0, 0.05) is 16.7 Å². The maximum atomic E-state index is 12.3. The number of hydrazone groups is 1. The Morgan fingerprint density at radius 2 is 1.79 bits per heavy atom. The first kappa shape index (κ1) is 16.1. The van der Waals surface area contributed by atoms with E-state index >= 15 is 0 Å². The zero-order chi connectivity index (χ0) is 16.9. The van der Waals surface area contributed by atoms with Gasteiger partial charge in [-0.05, 0) is 28.2 Å². The van der Waals surface area contributed by atoms with Crippen LogP contribution in [0.2, 0.25) is 0 Å². The van der Waals surface area contributed by atoms with Crippen molar-refractivity contribution >= 4 is 23.0 Å². The van der Waals surface area contributed by atoms with Crippen molar-refractivity contribution in [3.63, 3.8) is 0 Å². The highest BCUT2D eigenvalue weighted by Gasteiger charge is 2.41. The van der Waals surface area contributed by atoms with E-state index in [1.165, 1.54) is 0 Å². The van der Waals surface area contributed by atoms with E-state index in [9.17, 15) is 10.0 Å². The quantitative estimate of drug-likeness (QED) is 0.497. The standard InChI is InChI=1S/C15H15N5O3S/c16-20-17-18(15(21)23-11-12-7-3-1-4-8-12)14(19(20)22)24-13-9-5-2-6-10-13/h1-10,17H,11,16H2. The molecule has 24 heavy (non-hydrogen) atoms. The van der Waals surface area contributed by atoms with Gasteiger partial charge in [-0.3, -0.25) is 0 Å². The number of rotatable bonds is 3. The number of amides is 1. The average Bonchev–Trinajstić information content (AvgIpc) is 2.90. The van der Waals surface area contributed by atoms with Gasteiger partial charge in [-0.15, -0.1) is 4.85 Å². The number of ether oxygens (including phenoxy) is 1. The number of hydrogen-bond donors (Lipinski definition) is 2. The van der Waals surface area contributed by atoms with Gasteiger partial charge in [-0.25, -0.2) is 0 Å². The predicted molar refractivity (Wildman–Crippen MR) is 88.6 cm³/mol. The summed E-state index contributed by atoms with van der Waals surface area (Å²) in [6.45, 7) is 0.0879. The minimum atomic E-state index is -0.730. The number of carbonyl (C=O) groups excluding carboxylic acids is 1. The molecule has 8 nitrogen and oxygen atoms in total. The molecule has 1 aliphatic rings. The van der Waals surface area contributed by atoms with Crippen LogP contribution in [0.3, 0.4) is 0 Å². The van der Waals surface area contributed by atoms with Crippen LogP contribution in [0.15, 0.2) is 65.6 Å². The highest BCUT2D eigenvalue weighted by atomic mass is 32.2. The Morgan fingerprint density at radius 3 is 2.46 bits per heavy atom. The van der Waals surface area contributed by atoms with E-state index in [-0.39, 0.29) is 11.8 Å². The average molecular weight is 345 g/mol. The molecule has 1 heterocycles.